The molecule has 3 amide bonds. The number of carboxylic acids is 1. The van der Waals surface area contributed by atoms with Gasteiger partial charge in [-0.3, -0.25) is 10.1 Å². The van der Waals surface area contributed by atoms with E-state index < -0.39 is 17.9 Å². The minimum atomic E-state index is -1.18. The zero-order valence-electron chi connectivity index (χ0n) is 12.6. The lowest BCUT2D eigenvalue weighted by Gasteiger charge is -2.24. The first-order valence-electron chi connectivity index (χ1n) is 6.99. The Kier molecular flexibility index (Phi) is 6.36. The van der Waals surface area contributed by atoms with Crippen LogP contribution in [0.1, 0.15) is 33.6 Å². The quantitative estimate of drug-likeness (QED) is 0.742. The van der Waals surface area contributed by atoms with E-state index in [-0.39, 0.29) is 17.3 Å². The lowest BCUT2D eigenvalue weighted by Crippen LogP contribution is -2.46. The van der Waals surface area contributed by atoms with Crippen LogP contribution in [-0.2, 0) is 14.3 Å². The lowest BCUT2D eigenvalue weighted by molar-refractivity contribution is -0.133. The van der Waals surface area contributed by atoms with Crippen LogP contribution in [0.15, 0.2) is 11.1 Å². The fourth-order valence-corrected chi connectivity index (χ4v) is 1.99. The number of ether oxygens (including phenoxy) is 1. The molecule has 1 fully saturated rings. The predicted octanol–water partition coefficient (Wildman–Crippen LogP) is 1.14. The molecule has 0 radical (unpaired) electrons. The van der Waals surface area contributed by atoms with E-state index in [0.717, 1.165) is 12.8 Å². The van der Waals surface area contributed by atoms with Gasteiger partial charge in [0.05, 0.1) is 6.10 Å². The molecule has 0 saturated carbocycles. The minimum absolute atomic E-state index is 0.00296. The zero-order valence-corrected chi connectivity index (χ0v) is 12.6. The highest BCUT2D eigenvalue weighted by Gasteiger charge is 2.23. The van der Waals surface area contributed by atoms with Gasteiger partial charge in [0.25, 0.3) is 5.91 Å². The Bertz CT molecular complexity index is 452. The maximum absolute atomic E-state index is 12.0. The Morgan fingerprint density at radius 1 is 1.29 bits per heavy atom. The van der Waals surface area contributed by atoms with E-state index in [1.165, 1.54) is 18.7 Å². The van der Waals surface area contributed by atoms with Crippen LogP contribution in [0, 0.1) is 0 Å². The van der Waals surface area contributed by atoms with Gasteiger partial charge in [-0.25, -0.2) is 9.59 Å². The third-order valence-electron chi connectivity index (χ3n) is 3.56. The molecule has 1 atom stereocenters. The van der Waals surface area contributed by atoms with Crippen molar-refractivity contribution in [2.45, 2.75) is 39.7 Å². The predicted molar refractivity (Wildman–Crippen MR) is 75.8 cm³/mol. The van der Waals surface area contributed by atoms with Gasteiger partial charge in [0.2, 0.25) is 0 Å². The van der Waals surface area contributed by atoms with E-state index in [9.17, 15) is 14.4 Å². The smallest absolute Gasteiger partial charge is 0.331 e. The molecular weight excluding hydrogens is 276 g/mol. The number of aliphatic carboxylic acids is 1. The summed E-state index contributed by atoms with van der Waals surface area (Å²) >= 11 is 0. The number of carbonyl (C=O) groups is 3. The van der Waals surface area contributed by atoms with E-state index in [1.807, 2.05) is 6.92 Å². The molecule has 1 aliphatic heterocycles. The number of rotatable bonds is 5. The van der Waals surface area contributed by atoms with Gasteiger partial charge in [-0.05, 0) is 33.6 Å². The number of carbonyl (C=O) groups excluding carboxylic acids is 2. The van der Waals surface area contributed by atoms with Gasteiger partial charge in [0.15, 0.2) is 0 Å². The first-order chi connectivity index (χ1) is 9.86. The van der Waals surface area contributed by atoms with Gasteiger partial charge in [-0.1, -0.05) is 0 Å². The summed E-state index contributed by atoms with van der Waals surface area (Å²) in [6, 6.07) is -0.532. The third kappa shape index (κ3) is 4.86. The fourth-order valence-electron chi connectivity index (χ4n) is 1.99. The van der Waals surface area contributed by atoms with Crippen molar-refractivity contribution in [3.05, 3.63) is 11.1 Å². The second kappa shape index (κ2) is 7.78. The van der Waals surface area contributed by atoms with Crippen LogP contribution in [-0.4, -0.2) is 53.7 Å². The van der Waals surface area contributed by atoms with Crippen molar-refractivity contribution in [1.82, 2.24) is 10.2 Å². The topological polar surface area (TPSA) is 95.9 Å². The highest BCUT2D eigenvalue weighted by Crippen LogP contribution is 2.13. The zero-order chi connectivity index (χ0) is 16.0. The number of hydrogen-bond acceptors (Lipinski definition) is 4. The summed E-state index contributed by atoms with van der Waals surface area (Å²) < 4.78 is 5.46. The Labute approximate surface area is 123 Å². The van der Waals surface area contributed by atoms with Crippen molar-refractivity contribution in [3.63, 3.8) is 0 Å². The first-order valence-corrected chi connectivity index (χ1v) is 6.99. The van der Waals surface area contributed by atoms with Gasteiger partial charge in [-0.2, -0.15) is 0 Å². The van der Waals surface area contributed by atoms with Crippen LogP contribution < -0.4 is 5.32 Å². The molecule has 0 bridgehead atoms. The third-order valence-corrected chi connectivity index (χ3v) is 3.56. The Balaban J connectivity index is 2.62. The Morgan fingerprint density at radius 3 is 2.43 bits per heavy atom. The molecule has 1 heterocycles. The van der Waals surface area contributed by atoms with E-state index in [1.54, 1.807) is 0 Å². The Hall–Kier alpha value is -1.89. The summed E-state index contributed by atoms with van der Waals surface area (Å²) in [4.78, 5) is 36.2. The number of hydrogen-bond donors (Lipinski definition) is 2. The van der Waals surface area contributed by atoms with E-state index in [0.29, 0.717) is 19.7 Å². The Morgan fingerprint density at radius 2 is 1.95 bits per heavy atom. The molecule has 7 heteroatoms. The lowest BCUT2D eigenvalue weighted by atomic mass is 10.1. The van der Waals surface area contributed by atoms with Gasteiger partial charge >= 0.3 is 12.0 Å². The SMILES string of the molecule is CCN(CC1CCCO1)C(=O)NC(=O)C(C)=C(C)C(=O)O. The molecule has 1 saturated heterocycles. The minimum Gasteiger partial charge on any atom is -0.478 e. The number of nitrogens with zero attached hydrogens (tertiary/aromatic N) is 1. The van der Waals surface area contributed by atoms with Crippen molar-refractivity contribution in [3.8, 4) is 0 Å². The molecule has 118 valence electrons. The van der Waals surface area contributed by atoms with Gasteiger partial charge in [0.1, 0.15) is 0 Å². The standard InChI is InChI=1S/C14H22N2O5/c1-4-16(8-11-6-5-7-21-11)14(20)15-12(17)9(2)10(3)13(18)19/h11H,4-8H2,1-3H3,(H,18,19)(H,15,17,20). The molecule has 0 aliphatic carbocycles. The normalized spacial score (nSPS) is 18.9. The number of nitrogens with one attached hydrogen (secondary N) is 1. The molecule has 7 nitrogen and oxygen atoms in total. The van der Waals surface area contributed by atoms with E-state index in [2.05, 4.69) is 5.32 Å². The molecule has 1 aliphatic rings. The second-order valence-electron chi connectivity index (χ2n) is 4.99. The molecule has 0 aromatic heterocycles. The van der Waals surface area contributed by atoms with Crippen molar-refractivity contribution in [1.29, 1.82) is 0 Å². The molecule has 0 spiro atoms. The van der Waals surface area contributed by atoms with Crippen LogP contribution in [0.5, 0.6) is 0 Å². The monoisotopic (exact) mass is 298 g/mol. The number of carboxylic acid groups (broad SMARTS) is 1. The van der Waals surface area contributed by atoms with E-state index in [4.69, 9.17) is 9.84 Å². The van der Waals surface area contributed by atoms with Gasteiger partial charge < -0.3 is 14.7 Å². The summed E-state index contributed by atoms with van der Waals surface area (Å²) in [6.45, 7) is 6.08. The maximum atomic E-state index is 12.0. The highest BCUT2D eigenvalue weighted by atomic mass is 16.5. The average molecular weight is 298 g/mol. The first kappa shape index (κ1) is 17.2. The number of urea groups is 1. The molecular formula is C14H22N2O5. The van der Waals surface area contributed by atoms with Crippen molar-refractivity contribution < 1.29 is 24.2 Å². The number of amides is 3. The molecule has 2 N–H and O–H groups in total. The molecule has 21 heavy (non-hydrogen) atoms. The summed E-state index contributed by atoms with van der Waals surface area (Å²) in [5.74, 6) is -1.87. The summed E-state index contributed by atoms with van der Waals surface area (Å²) in [5, 5.41) is 11.0. The number of likely N-dealkylation sites (N-methyl/N-ethyl adjacent to an activating group) is 1. The largest absolute Gasteiger partial charge is 0.478 e. The molecule has 1 rings (SSSR count). The molecule has 0 aromatic rings. The maximum Gasteiger partial charge on any atom is 0.331 e. The van der Waals surface area contributed by atoms with Gasteiger partial charge in [-0.15, -0.1) is 0 Å². The van der Waals surface area contributed by atoms with Crippen molar-refractivity contribution >= 4 is 17.9 Å². The van der Waals surface area contributed by atoms with Crippen molar-refractivity contribution in [2.24, 2.45) is 0 Å². The molecule has 0 aromatic carbocycles. The summed E-state index contributed by atoms with van der Waals surface area (Å²) in [7, 11) is 0. The average Bonchev–Trinajstić information content (AvgIpc) is 2.95. The highest BCUT2D eigenvalue weighted by molar-refractivity contribution is 6.07. The number of imide groups is 1. The van der Waals surface area contributed by atoms with Crippen molar-refractivity contribution in [2.75, 3.05) is 19.7 Å². The van der Waals surface area contributed by atoms with Crippen LogP contribution in [0.4, 0.5) is 4.79 Å². The summed E-state index contributed by atoms with van der Waals surface area (Å²) in [5.41, 5.74) is -0.0634. The summed E-state index contributed by atoms with van der Waals surface area (Å²) in [6.07, 6.45) is 1.88. The fraction of sp³-hybridized carbons (Fsp3) is 0.643. The van der Waals surface area contributed by atoms with Crippen LogP contribution in [0.3, 0.4) is 0 Å². The second-order valence-corrected chi connectivity index (χ2v) is 4.99. The van der Waals surface area contributed by atoms with Crippen LogP contribution >= 0.6 is 0 Å². The van der Waals surface area contributed by atoms with Crippen LogP contribution in [0.2, 0.25) is 0 Å². The van der Waals surface area contributed by atoms with Gasteiger partial charge in [0, 0.05) is 30.8 Å². The molecule has 1 unspecified atom stereocenters. The van der Waals surface area contributed by atoms with Crippen LogP contribution in [0.25, 0.3) is 0 Å². The van der Waals surface area contributed by atoms with E-state index >= 15 is 0 Å².